The fraction of sp³-hybridized carbons (Fsp3) is 0.360. The van der Waals surface area contributed by atoms with Crippen molar-refractivity contribution in [3.63, 3.8) is 0 Å². The normalized spacial score (nSPS) is 16.1. The first-order valence-electron chi connectivity index (χ1n) is 11.7. The molecule has 1 amide bonds. The zero-order valence-electron chi connectivity index (χ0n) is 20.2. The number of aryl methyl sites for hydroxylation is 1. The monoisotopic (exact) mass is 525 g/mol. The summed E-state index contributed by atoms with van der Waals surface area (Å²) in [5.41, 5.74) is -1.43. The SMILES string of the molecule is Cn1cnnc1CC1(c2cc(NCCC#N)nc(N3Cc4c(cc(C=O)cc4C(F)(F)F)C3=O)c2)COC1. The first-order chi connectivity index (χ1) is 18.1. The van der Waals surface area contributed by atoms with E-state index in [0.717, 1.165) is 11.6 Å². The van der Waals surface area contributed by atoms with Crippen LogP contribution in [0.3, 0.4) is 0 Å². The molecule has 1 aromatic carbocycles. The van der Waals surface area contributed by atoms with Gasteiger partial charge >= 0.3 is 6.18 Å². The minimum atomic E-state index is -4.75. The van der Waals surface area contributed by atoms with E-state index in [-0.39, 0.29) is 48.3 Å². The van der Waals surface area contributed by atoms with Crippen molar-refractivity contribution >= 4 is 23.8 Å². The second kappa shape index (κ2) is 9.53. The Labute approximate surface area is 215 Å². The Morgan fingerprint density at radius 3 is 2.66 bits per heavy atom. The molecule has 13 heteroatoms. The van der Waals surface area contributed by atoms with Crippen molar-refractivity contribution in [2.75, 3.05) is 30.0 Å². The number of amides is 1. The number of fused-ring (bicyclic) bond motifs is 1. The van der Waals surface area contributed by atoms with Crippen molar-refractivity contribution in [1.82, 2.24) is 19.7 Å². The number of pyridine rings is 1. The summed E-state index contributed by atoms with van der Waals surface area (Å²) in [5.74, 6) is 0.541. The lowest BCUT2D eigenvalue weighted by molar-refractivity contribution is -0.138. The van der Waals surface area contributed by atoms with Crippen LogP contribution in [0, 0.1) is 11.3 Å². The molecule has 0 bridgehead atoms. The molecule has 1 N–H and O–H groups in total. The number of ether oxygens (including phenoxy) is 1. The van der Waals surface area contributed by atoms with Gasteiger partial charge in [0, 0.05) is 36.6 Å². The van der Waals surface area contributed by atoms with E-state index >= 15 is 0 Å². The molecule has 0 radical (unpaired) electrons. The standard InChI is InChI=1S/C25H22F3N7O3/c1-34-14-31-33-22(34)9-24(12-38-13-24)16-7-20(30-4-2-3-29)32-21(8-16)35-10-18-17(23(35)37)5-15(11-36)6-19(18)25(26,27)28/h5-8,11,14H,2,4,9-10,12-13H2,1H3,(H,30,32). The molecule has 0 atom stereocenters. The topological polar surface area (TPSA) is 126 Å². The van der Waals surface area contributed by atoms with Gasteiger partial charge in [-0.1, -0.05) is 0 Å². The number of nitrogens with zero attached hydrogens (tertiary/aromatic N) is 6. The summed E-state index contributed by atoms with van der Waals surface area (Å²) < 4.78 is 48.8. The Hall–Kier alpha value is -4.31. The van der Waals surface area contributed by atoms with Crippen LogP contribution in [0.2, 0.25) is 0 Å². The molecule has 0 saturated carbocycles. The number of nitrogens with one attached hydrogen (secondary N) is 1. The largest absolute Gasteiger partial charge is 0.416 e. The number of carbonyl (C=O) groups excluding carboxylic acids is 2. The van der Waals surface area contributed by atoms with Crippen LogP contribution in [0.15, 0.2) is 30.6 Å². The third kappa shape index (κ3) is 4.47. The number of aldehydes is 1. The third-order valence-corrected chi connectivity index (χ3v) is 6.81. The molecular weight excluding hydrogens is 503 g/mol. The molecule has 2 aliphatic heterocycles. The maximum Gasteiger partial charge on any atom is 0.416 e. The summed E-state index contributed by atoms with van der Waals surface area (Å²) in [7, 11) is 1.82. The van der Waals surface area contributed by atoms with E-state index < -0.39 is 23.1 Å². The number of rotatable bonds is 8. The highest BCUT2D eigenvalue weighted by Crippen LogP contribution is 2.41. The van der Waals surface area contributed by atoms with Crippen LogP contribution in [0.1, 0.15) is 49.7 Å². The van der Waals surface area contributed by atoms with Gasteiger partial charge in [-0.05, 0) is 35.4 Å². The van der Waals surface area contributed by atoms with E-state index in [1.165, 1.54) is 11.0 Å². The molecule has 2 aromatic heterocycles. The summed E-state index contributed by atoms with van der Waals surface area (Å²) in [6.07, 6.45) is -2.20. The Bertz CT molecular complexity index is 1460. The van der Waals surface area contributed by atoms with Gasteiger partial charge < -0.3 is 14.6 Å². The van der Waals surface area contributed by atoms with Gasteiger partial charge in [0.25, 0.3) is 5.91 Å². The number of hydrogen-bond donors (Lipinski definition) is 1. The Morgan fingerprint density at radius 2 is 2.05 bits per heavy atom. The minimum Gasteiger partial charge on any atom is -0.379 e. The first-order valence-corrected chi connectivity index (χ1v) is 11.7. The number of halogens is 3. The Kier molecular flexibility index (Phi) is 6.36. The van der Waals surface area contributed by atoms with E-state index in [9.17, 15) is 22.8 Å². The van der Waals surface area contributed by atoms with E-state index in [2.05, 4.69) is 20.5 Å². The fourth-order valence-electron chi connectivity index (χ4n) is 4.72. The Morgan fingerprint density at radius 1 is 1.26 bits per heavy atom. The quantitative estimate of drug-likeness (QED) is 0.351. The minimum absolute atomic E-state index is 0.146. The zero-order valence-corrected chi connectivity index (χ0v) is 20.2. The molecule has 10 nitrogen and oxygen atoms in total. The van der Waals surface area contributed by atoms with Crippen molar-refractivity contribution in [2.45, 2.75) is 31.0 Å². The number of alkyl halides is 3. The highest BCUT2D eigenvalue weighted by atomic mass is 19.4. The predicted molar refractivity (Wildman–Crippen MR) is 128 cm³/mol. The van der Waals surface area contributed by atoms with Crippen LogP contribution < -0.4 is 10.2 Å². The van der Waals surface area contributed by atoms with Gasteiger partial charge in [-0.2, -0.15) is 18.4 Å². The maximum atomic E-state index is 13.8. The zero-order chi connectivity index (χ0) is 27.1. The van der Waals surface area contributed by atoms with Crippen LogP contribution >= 0.6 is 0 Å². The molecule has 0 spiro atoms. The van der Waals surface area contributed by atoms with Gasteiger partial charge in [0.05, 0.1) is 37.8 Å². The molecule has 0 aliphatic carbocycles. The van der Waals surface area contributed by atoms with E-state index in [4.69, 9.17) is 10.00 Å². The lowest BCUT2D eigenvalue weighted by Gasteiger charge is -2.42. The molecule has 4 heterocycles. The summed E-state index contributed by atoms with van der Waals surface area (Å²) in [6, 6.07) is 7.42. The highest BCUT2D eigenvalue weighted by molar-refractivity contribution is 6.10. The number of carbonyl (C=O) groups is 2. The summed E-state index contributed by atoms with van der Waals surface area (Å²) in [6.45, 7) is 0.642. The van der Waals surface area contributed by atoms with Gasteiger partial charge in [0.1, 0.15) is 30.1 Å². The van der Waals surface area contributed by atoms with E-state index in [0.29, 0.717) is 31.3 Å². The molecule has 0 unspecified atom stereocenters. The smallest absolute Gasteiger partial charge is 0.379 e. The van der Waals surface area contributed by atoms with Gasteiger partial charge in [0.2, 0.25) is 0 Å². The average Bonchev–Trinajstić information content (AvgIpc) is 3.42. The van der Waals surface area contributed by atoms with E-state index in [1.807, 2.05) is 13.1 Å². The van der Waals surface area contributed by atoms with E-state index in [1.54, 1.807) is 23.0 Å². The molecule has 1 fully saturated rings. The molecule has 3 aromatic rings. The summed E-state index contributed by atoms with van der Waals surface area (Å²) >= 11 is 0. The second-order valence-electron chi connectivity index (χ2n) is 9.34. The number of aromatic nitrogens is 4. The predicted octanol–water partition coefficient (Wildman–Crippen LogP) is 3.04. The van der Waals surface area contributed by atoms with Gasteiger partial charge in [-0.25, -0.2) is 4.98 Å². The van der Waals surface area contributed by atoms with Crippen LogP contribution in [0.4, 0.5) is 24.8 Å². The number of nitriles is 1. The molecular formula is C25H22F3N7O3. The number of hydrogen-bond acceptors (Lipinski definition) is 8. The molecule has 5 rings (SSSR count). The first kappa shape index (κ1) is 25.3. The number of benzene rings is 1. The molecule has 2 aliphatic rings. The molecule has 1 saturated heterocycles. The molecule has 38 heavy (non-hydrogen) atoms. The lowest BCUT2D eigenvalue weighted by Crippen LogP contribution is -2.49. The van der Waals surface area contributed by atoms with Crippen molar-refractivity contribution in [2.24, 2.45) is 7.05 Å². The van der Waals surface area contributed by atoms with Crippen molar-refractivity contribution in [3.8, 4) is 6.07 Å². The van der Waals surface area contributed by atoms with Crippen LogP contribution in [0.5, 0.6) is 0 Å². The summed E-state index contributed by atoms with van der Waals surface area (Å²) in [4.78, 5) is 30.3. The summed E-state index contributed by atoms with van der Waals surface area (Å²) in [5, 5.41) is 20.1. The fourth-order valence-corrected chi connectivity index (χ4v) is 4.72. The number of anilines is 2. The highest BCUT2D eigenvalue weighted by Gasteiger charge is 2.44. The maximum absolute atomic E-state index is 13.8. The van der Waals surface area contributed by atoms with Gasteiger partial charge in [0.15, 0.2) is 0 Å². The van der Waals surface area contributed by atoms with Crippen molar-refractivity contribution in [3.05, 3.63) is 64.2 Å². The van der Waals surface area contributed by atoms with Gasteiger partial charge in [-0.15, -0.1) is 10.2 Å². The second-order valence-corrected chi connectivity index (χ2v) is 9.34. The van der Waals surface area contributed by atoms with Crippen molar-refractivity contribution < 1.29 is 27.5 Å². The lowest BCUT2D eigenvalue weighted by atomic mass is 9.75. The van der Waals surface area contributed by atoms with Gasteiger partial charge in [-0.3, -0.25) is 14.5 Å². The molecule has 196 valence electrons. The Balaban J connectivity index is 1.57. The van der Waals surface area contributed by atoms with Crippen LogP contribution in [-0.2, 0) is 36.3 Å². The van der Waals surface area contributed by atoms with Crippen molar-refractivity contribution in [1.29, 1.82) is 5.26 Å². The third-order valence-electron chi connectivity index (χ3n) is 6.81. The van der Waals surface area contributed by atoms with Crippen LogP contribution in [0.25, 0.3) is 0 Å². The average molecular weight is 525 g/mol. The van der Waals surface area contributed by atoms with Crippen LogP contribution in [-0.4, -0.2) is 51.7 Å².